The van der Waals surface area contributed by atoms with Gasteiger partial charge in [-0.05, 0) is 31.0 Å². The summed E-state index contributed by atoms with van der Waals surface area (Å²) < 4.78 is 0. The lowest BCUT2D eigenvalue weighted by molar-refractivity contribution is -0.125. The molecule has 0 aromatic heterocycles. The topological polar surface area (TPSA) is 92.5 Å². The van der Waals surface area contributed by atoms with E-state index in [-0.39, 0.29) is 17.7 Å². The van der Waals surface area contributed by atoms with Gasteiger partial charge in [0.25, 0.3) is 5.91 Å². The summed E-state index contributed by atoms with van der Waals surface area (Å²) in [5.41, 5.74) is 5.95. The number of hydrogen-bond donors (Lipinski definition) is 2. The van der Waals surface area contributed by atoms with Gasteiger partial charge < -0.3 is 16.0 Å². The van der Waals surface area contributed by atoms with E-state index in [1.807, 2.05) is 0 Å². The highest BCUT2D eigenvalue weighted by Crippen LogP contribution is 2.19. The Balaban J connectivity index is 2.14. The third-order valence-electron chi connectivity index (χ3n) is 3.72. The predicted octanol–water partition coefficient (Wildman–Crippen LogP) is 0.384. The Hall–Kier alpha value is -2.37. The van der Waals surface area contributed by atoms with E-state index in [4.69, 9.17) is 5.73 Å². The van der Waals surface area contributed by atoms with Crippen LogP contribution in [0.3, 0.4) is 0 Å². The number of amides is 3. The maximum atomic E-state index is 12.5. The van der Waals surface area contributed by atoms with Gasteiger partial charge in [-0.3, -0.25) is 14.4 Å². The molecule has 6 heteroatoms. The molecule has 1 aromatic rings. The summed E-state index contributed by atoms with van der Waals surface area (Å²) >= 11 is 0. The summed E-state index contributed by atoms with van der Waals surface area (Å²) in [5, 5.41) is 2.62. The van der Waals surface area contributed by atoms with Gasteiger partial charge in [0, 0.05) is 31.3 Å². The van der Waals surface area contributed by atoms with Gasteiger partial charge in [-0.15, -0.1) is 0 Å². The second-order valence-electron chi connectivity index (χ2n) is 5.15. The van der Waals surface area contributed by atoms with Crippen molar-refractivity contribution in [2.24, 2.45) is 11.7 Å². The van der Waals surface area contributed by atoms with Crippen LogP contribution < -0.4 is 11.1 Å². The number of likely N-dealkylation sites (tertiary alicyclic amines) is 1. The van der Waals surface area contributed by atoms with Crippen LogP contribution in [0.15, 0.2) is 24.3 Å². The number of hydrogen-bond acceptors (Lipinski definition) is 3. The lowest BCUT2D eigenvalue weighted by Crippen LogP contribution is -2.44. The minimum Gasteiger partial charge on any atom is -0.366 e. The largest absolute Gasteiger partial charge is 0.366 e. The van der Waals surface area contributed by atoms with Crippen molar-refractivity contribution in [3.63, 3.8) is 0 Å². The van der Waals surface area contributed by atoms with Crippen molar-refractivity contribution in [1.82, 2.24) is 10.2 Å². The third kappa shape index (κ3) is 3.39. The Morgan fingerprint density at radius 1 is 1.29 bits per heavy atom. The molecule has 2 rings (SSSR count). The Morgan fingerprint density at radius 2 is 2.00 bits per heavy atom. The number of carbonyl (C=O) groups excluding carboxylic acids is 3. The maximum Gasteiger partial charge on any atom is 0.253 e. The smallest absolute Gasteiger partial charge is 0.253 e. The molecule has 112 valence electrons. The van der Waals surface area contributed by atoms with Crippen LogP contribution in [-0.4, -0.2) is 42.8 Å². The van der Waals surface area contributed by atoms with Gasteiger partial charge in [-0.2, -0.15) is 0 Å². The van der Waals surface area contributed by atoms with Crippen LogP contribution in [0.2, 0.25) is 0 Å². The van der Waals surface area contributed by atoms with Crippen LogP contribution in [0, 0.1) is 5.92 Å². The zero-order valence-electron chi connectivity index (χ0n) is 12.0. The fourth-order valence-corrected chi connectivity index (χ4v) is 2.57. The quantitative estimate of drug-likeness (QED) is 0.842. The summed E-state index contributed by atoms with van der Waals surface area (Å²) in [5.74, 6) is -0.955. The molecule has 3 amide bonds. The predicted molar refractivity (Wildman–Crippen MR) is 77.7 cm³/mol. The molecule has 1 fully saturated rings. The summed E-state index contributed by atoms with van der Waals surface area (Å²) in [7, 11) is 1.60. The van der Waals surface area contributed by atoms with Crippen molar-refractivity contribution in [2.75, 3.05) is 20.1 Å². The van der Waals surface area contributed by atoms with Crippen LogP contribution in [0.1, 0.15) is 33.6 Å². The highest BCUT2D eigenvalue weighted by atomic mass is 16.2. The molecule has 3 N–H and O–H groups in total. The first-order valence-corrected chi connectivity index (χ1v) is 6.93. The van der Waals surface area contributed by atoms with E-state index in [0.29, 0.717) is 24.2 Å². The lowest BCUT2D eigenvalue weighted by atomic mass is 9.96. The highest BCUT2D eigenvalue weighted by Gasteiger charge is 2.28. The molecular formula is C15H19N3O3. The zero-order valence-corrected chi connectivity index (χ0v) is 12.0. The van der Waals surface area contributed by atoms with Crippen LogP contribution in [0.25, 0.3) is 0 Å². The van der Waals surface area contributed by atoms with E-state index in [1.165, 1.54) is 6.07 Å². The molecule has 1 aliphatic rings. The molecule has 21 heavy (non-hydrogen) atoms. The molecule has 1 atom stereocenters. The number of benzene rings is 1. The molecule has 0 bridgehead atoms. The average molecular weight is 289 g/mol. The molecule has 1 aromatic carbocycles. The molecule has 1 aliphatic heterocycles. The minimum absolute atomic E-state index is 0.0432. The fraction of sp³-hybridized carbons (Fsp3) is 0.400. The van der Waals surface area contributed by atoms with Crippen molar-refractivity contribution < 1.29 is 14.4 Å². The Labute approximate surface area is 123 Å². The number of nitrogens with two attached hydrogens (primary N) is 1. The van der Waals surface area contributed by atoms with Crippen molar-refractivity contribution in [1.29, 1.82) is 0 Å². The van der Waals surface area contributed by atoms with Gasteiger partial charge in [0.15, 0.2) is 0 Å². The molecule has 0 saturated carbocycles. The second kappa shape index (κ2) is 6.39. The third-order valence-corrected chi connectivity index (χ3v) is 3.72. The normalized spacial score (nSPS) is 18.1. The minimum atomic E-state index is -0.563. The molecule has 1 heterocycles. The standard InChI is InChI=1S/C15H19N3O3/c1-17-14(20)12-6-3-7-18(9-12)15(21)11-5-2-4-10(8-11)13(16)19/h2,4-5,8,12H,3,6-7,9H2,1H3,(H2,16,19)(H,17,20). The van der Waals surface area contributed by atoms with Crippen molar-refractivity contribution >= 4 is 17.7 Å². The van der Waals surface area contributed by atoms with Crippen LogP contribution in [-0.2, 0) is 4.79 Å². The summed E-state index contributed by atoms with van der Waals surface area (Å²) in [6, 6.07) is 6.35. The molecular weight excluding hydrogens is 270 g/mol. The number of rotatable bonds is 3. The first-order chi connectivity index (χ1) is 10.0. The van der Waals surface area contributed by atoms with Gasteiger partial charge in [0.2, 0.25) is 11.8 Å². The molecule has 0 aliphatic carbocycles. The first kappa shape index (κ1) is 15.0. The van der Waals surface area contributed by atoms with E-state index in [1.54, 1.807) is 30.1 Å². The first-order valence-electron chi connectivity index (χ1n) is 6.93. The number of nitrogens with one attached hydrogen (secondary N) is 1. The van der Waals surface area contributed by atoms with Gasteiger partial charge in [0.05, 0.1) is 5.92 Å². The molecule has 6 nitrogen and oxygen atoms in total. The SMILES string of the molecule is CNC(=O)C1CCCN(C(=O)c2cccc(C(N)=O)c2)C1. The summed E-state index contributed by atoms with van der Waals surface area (Å²) in [6.07, 6.45) is 1.57. The molecule has 1 saturated heterocycles. The second-order valence-corrected chi connectivity index (χ2v) is 5.15. The fourth-order valence-electron chi connectivity index (χ4n) is 2.57. The number of piperidine rings is 1. The van der Waals surface area contributed by atoms with E-state index < -0.39 is 5.91 Å². The molecule has 0 spiro atoms. The van der Waals surface area contributed by atoms with E-state index in [9.17, 15) is 14.4 Å². The molecule has 0 radical (unpaired) electrons. The van der Waals surface area contributed by atoms with E-state index in [2.05, 4.69) is 5.32 Å². The van der Waals surface area contributed by atoms with Crippen molar-refractivity contribution in [3.8, 4) is 0 Å². The van der Waals surface area contributed by atoms with Gasteiger partial charge in [0.1, 0.15) is 0 Å². The van der Waals surface area contributed by atoms with E-state index in [0.717, 1.165) is 12.8 Å². The molecule has 1 unspecified atom stereocenters. The Bertz CT molecular complexity index is 571. The number of primary amides is 1. The van der Waals surface area contributed by atoms with E-state index >= 15 is 0 Å². The van der Waals surface area contributed by atoms with Crippen molar-refractivity contribution in [2.45, 2.75) is 12.8 Å². The maximum absolute atomic E-state index is 12.5. The van der Waals surface area contributed by atoms with Gasteiger partial charge in [-0.25, -0.2) is 0 Å². The van der Waals surface area contributed by atoms with Crippen LogP contribution in [0.4, 0.5) is 0 Å². The highest BCUT2D eigenvalue weighted by molar-refractivity contribution is 5.99. The van der Waals surface area contributed by atoms with Crippen LogP contribution >= 0.6 is 0 Å². The summed E-state index contributed by atoms with van der Waals surface area (Å²) in [6.45, 7) is 1.02. The van der Waals surface area contributed by atoms with Gasteiger partial charge in [-0.1, -0.05) is 6.07 Å². The lowest BCUT2D eigenvalue weighted by Gasteiger charge is -2.32. The zero-order chi connectivity index (χ0) is 15.4. The van der Waals surface area contributed by atoms with Crippen LogP contribution in [0.5, 0.6) is 0 Å². The Morgan fingerprint density at radius 3 is 2.67 bits per heavy atom. The monoisotopic (exact) mass is 289 g/mol. The average Bonchev–Trinajstić information content (AvgIpc) is 2.53. The number of carbonyl (C=O) groups is 3. The summed E-state index contributed by atoms with van der Waals surface area (Å²) in [4.78, 5) is 37.0. The van der Waals surface area contributed by atoms with Crippen molar-refractivity contribution in [3.05, 3.63) is 35.4 Å². The van der Waals surface area contributed by atoms with Gasteiger partial charge >= 0.3 is 0 Å². The Kier molecular flexibility index (Phi) is 4.57. The number of nitrogens with zero attached hydrogens (tertiary/aromatic N) is 1.